The quantitative estimate of drug-likeness (QED) is 0.208. The summed E-state index contributed by atoms with van der Waals surface area (Å²) in [7, 11) is 0. The number of aromatic nitrogens is 1. The van der Waals surface area contributed by atoms with E-state index >= 15 is 0 Å². The summed E-state index contributed by atoms with van der Waals surface area (Å²) >= 11 is 17.4. The Bertz CT molecular complexity index is 1060. The van der Waals surface area contributed by atoms with E-state index in [1.165, 1.54) is 18.3 Å². The predicted octanol–water partition coefficient (Wildman–Crippen LogP) is 4.77. The lowest BCUT2D eigenvalue weighted by Crippen LogP contribution is -2.23. The second kappa shape index (κ2) is 8.26. The van der Waals surface area contributed by atoms with Gasteiger partial charge < -0.3 is 5.32 Å². The molecule has 27 heavy (non-hydrogen) atoms. The third kappa shape index (κ3) is 4.68. The van der Waals surface area contributed by atoms with E-state index in [0.717, 1.165) is 5.39 Å². The summed E-state index contributed by atoms with van der Waals surface area (Å²) in [4.78, 5) is 14.4. The van der Waals surface area contributed by atoms with Crippen LogP contribution in [-0.2, 0) is 0 Å². The van der Waals surface area contributed by atoms with Gasteiger partial charge in [0.05, 0.1) is 21.7 Å². The Kier molecular flexibility index (Phi) is 5.80. The van der Waals surface area contributed by atoms with Crippen molar-refractivity contribution in [1.82, 2.24) is 10.4 Å². The van der Waals surface area contributed by atoms with Gasteiger partial charge in [-0.2, -0.15) is 5.10 Å². The topological polar surface area (TPSA) is 92.5 Å². The van der Waals surface area contributed by atoms with Crippen molar-refractivity contribution in [3.05, 3.63) is 74.4 Å². The maximum absolute atomic E-state index is 10.6. The third-order valence-electron chi connectivity index (χ3n) is 3.48. The third-order valence-corrected chi connectivity index (χ3v) is 4.28. The summed E-state index contributed by atoms with van der Waals surface area (Å²) in [5.74, 6) is 0. The van der Waals surface area contributed by atoms with Crippen LogP contribution in [0.15, 0.2) is 53.6 Å². The molecule has 2 N–H and O–H groups in total. The van der Waals surface area contributed by atoms with Crippen molar-refractivity contribution in [2.75, 3.05) is 5.32 Å². The Hall–Kier alpha value is -2.81. The number of nitrogens with zero attached hydrogens (tertiary/aromatic N) is 3. The summed E-state index contributed by atoms with van der Waals surface area (Å²) in [6.07, 6.45) is 1.49. The lowest BCUT2D eigenvalue weighted by atomic mass is 10.2. The van der Waals surface area contributed by atoms with Crippen molar-refractivity contribution >= 4 is 69.0 Å². The largest absolute Gasteiger partial charge is 0.331 e. The molecule has 3 rings (SSSR count). The maximum Gasteiger partial charge on any atom is 0.269 e. The molecule has 3 aromatic rings. The van der Waals surface area contributed by atoms with Crippen LogP contribution in [0.3, 0.4) is 0 Å². The highest BCUT2D eigenvalue weighted by atomic mass is 35.5. The van der Waals surface area contributed by atoms with Gasteiger partial charge in [-0.3, -0.25) is 15.5 Å². The molecular weight excluding hydrogens is 409 g/mol. The fraction of sp³-hybridized carbons (Fsp3) is 0. The molecule has 0 radical (unpaired) electrons. The van der Waals surface area contributed by atoms with Crippen LogP contribution in [-0.4, -0.2) is 21.2 Å². The molecule has 0 saturated heterocycles. The highest BCUT2D eigenvalue weighted by Crippen LogP contribution is 2.25. The Labute approximate surface area is 169 Å². The zero-order chi connectivity index (χ0) is 19.4. The Morgan fingerprint density at radius 2 is 1.96 bits per heavy atom. The van der Waals surface area contributed by atoms with Gasteiger partial charge in [0, 0.05) is 28.8 Å². The van der Waals surface area contributed by atoms with Crippen molar-refractivity contribution in [2.45, 2.75) is 0 Å². The van der Waals surface area contributed by atoms with Crippen LogP contribution >= 0.6 is 35.4 Å². The first-order valence-corrected chi connectivity index (χ1v) is 8.70. The van der Waals surface area contributed by atoms with Gasteiger partial charge in [-0.05, 0) is 36.5 Å². The maximum atomic E-state index is 10.6. The number of hydrogen-bond donors (Lipinski definition) is 2. The molecule has 1 aromatic heterocycles. The number of pyridine rings is 1. The van der Waals surface area contributed by atoms with E-state index in [-0.39, 0.29) is 16.0 Å². The number of thiocarbonyl (C=S) groups is 1. The number of nitro groups is 1. The summed E-state index contributed by atoms with van der Waals surface area (Å²) in [5, 5.41) is 19.4. The summed E-state index contributed by atoms with van der Waals surface area (Å²) in [6.45, 7) is 0. The number of anilines is 1. The monoisotopic (exact) mass is 419 g/mol. The SMILES string of the molecule is O=[N+]([O-])c1ccc(NC(=S)N/N=C/c2cc3cccc(Cl)c3nc2Cl)cc1. The van der Waals surface area contributed by atoms with Gasteiger partial charge in [-0.25, -0.2) is 4.98 Å². The fourth-order valence-corrected chi connectivity index (χ4v) is 2.82. The van der Waals surface area contributed by atoms with Gasteiger partial charge in [0.2, 0.25) is 0 Å². The fourth-order valence-electron chi connectivity index (χ4n) is 2.23. The zero-order valence-electron chi connectivity index (χ0n) is 13.5. The lowest BCUT2D eigenvalue weighted by Gasteiger charge is -2.07. The first kappa shape index (κ1) is 19.0. The second-order valence-electron chi connectivity index (χ2n) is 5.31. The van der Waals surface area contributed by atoms with Crippen LogP contribution in [0.25, 0.3) is 10.9 Å². The smallest absolute Gasteiger partial charge is 0.269 e. The van der Waals surface area contributed by atoms with E-state index in [9.17, 15) is 10.1 Å². The number of nitro benzene ring substituents is 1. The van der Waals surface area contributed by atoms with E-state index < -0.39 is 4.92 Å². The minimum Gasteiger partial charge on any atom is -0.331 e. The summed E-state index contributed by atoms with van der Waals surface area (Å²) in [5.41, 5.74) is 4.44. The molecule has 0 fully saturated rings. The lowest BCUT2D eigenvalue weighted by molar-refractivity contribution is -0.384. The molecule has 0 aliphatic heterocycles. The van der Waals surface area contributed by atoms with Gasteiger partial charge >= 0.3 is 0 Å². The van der Waals surface area contributed by atoms with E-state index in [0.29, 0.717) is 21.8 Å². The summed E-state index contributed by atoms with van der Waals surface area (Å²) < 4.78 is 0. The number of rotatable bonds is 4. The van der Waals surface area contributed by atoms with Gasteiger partial charge in [-0.1, -0.05) is 35.3 Å². The zero-order valence-corrected chi connectivity index (χ0v) is 15.8. The van der Waals surface area contributed by atoms with E-state index in [1.54, 1.807) is 18.2 Å². The average Bonchev–Trinajstić information content (AvgIpc) is 2.63. The molecule has 0 unspecified atom stereocenters. The minimum absolute atomic E-state index is 0.00371. The van der Waals surface area contributed by atoms with E-state index in [2.05, 4.69) is 20.8 Å². The molecule has 2 aromatic carbocycles. The molecule has 0 atom stereocenters. The first-order chi connectivity index (χ1) is 12.9. The van der Waals surface area contributed by atoms with Crippen LogP contribution in [0.1, 0.15) is 5.56 Å². The van der Waals surface area contributed by atoms with E-state index in [1.807, 2.05) is 18.2 Å². The number of benzene rings is 2. The number of para-hydroxylation sites is 1. The molecule has 136 valence electrons. The first-order valence-electron chi connectivity index (χ1n) is 7.53. The van der Waals surface area contributed by atoms with Crippen molar-refractivity contribution in [2.24, 2.45) is 5.10 Å². The minimum atomic E-state index is -0.473. The number of fused-ring (bicyclic) bond motifs is 1. The number of hydrazone groups is 1. The van der Waals surface area contributed by atoms with Crippen molar-refractivity contribution in [3.8, 4) is 0 Å². The number of non-ortho nitro benzene ring substituents is 1. The van der Waals surface area contributed by atoms with Crippen molar-refractivity contribution in [1.29, 1.82) is 0 Å². The molecule has 10 heteroatoms. The average molecular weight is 420 g/mol. The van der Waals surface area contributed by atoms with Crippen molar-refractivity contribution in [3.63, 3.8) is 0 Å². The molecule has 0 bridgehead atoms. The molecule has 0 amide bonds. The van der Waals surface area contributed by atoms with Gasteiger partial charge in [0.25, 0.3) is 5.69 Å². The summed E-state index contributed by atoms with van der Waals surface area (Å²) in [6, 6.07) is 13.1. The molecule has 0 aliphatic carbocycles. The predicted molar refractivity (Wildman–Crippen MR) is 112 cm³/mol. The van der Waals surface area contributed by atoms with Crippen LogP contribution in [0.2, 0.25) is 10.2 Å². The van der Waals surface area contributed by atoms with Crippen LogP contribution in [0.5, 0.6) is 0 Å². The van der Waals surface area contributed by atoms with Gasteiger partial charge in [0.1, 0.15) is 5.15 Å². The van der Waals surface area contributed by atoms with Gasteiger partial charge in [-0.15, -0.1) is 0 Å². The number of nitrogens with one attached hydrogen (secondary N) is 2. The van der Waals surface area contributed by atoms with Crippen LogP contribution in [0, 0.1) is 10.1 Å². The number of halogens is 2. The molecule has 0 spiro atoms. The standard InChI is InChI=1S/C17H11Cl2N5O2S/c18-14-3-1-2-10-8-11(16(19)22-15(10)14)9-20-23-17(27)21-12-4-6-13(7-5-12)24(25)26/h1-9H,(H2,21,23,27)/b20-9+. The highest BCUT2D eigenvalue weighted by molar-refractivity contribution is 7.80. The second-order valence-corrected chi connectivity index (χ2v) is 6.48. The highest BCUT2D eigenvalue weighted by Gasteiger charge is 2.07. The Morgan fingerprint density at radius 1 is 1.22 bits per heavy atom. The van der Waals surface area contributed by atoms with Gasteiger partial charge in [0.15, 0.2) is 5.11 Å². The molecule has 0 saturated carbocycles. The number of hydrogen-bond acceptors (Lipinski definition) is 5. The van der Waals surface area contributed by atoms with E-state index in [4.69, 9.17) is 35.4 Å². The normalized spacial score (nSPS) is 10.9. The van der Waals surface area contributed by atoms with Crippen molar-refractivity contribution < 1.29 is 4.92 Å². The van der Waals surface area contributed by atoms with Crippen LogP contribution in [0.4, 0.5) is 11.4 Å². The molecular formula is C17H11Cl2N5O2S. The molecule has 0 aliphatic rings. The molecule has 1 heterocycles. The Balaban J connectivity index is 1.66. The van der Waals surface area contributed by atoms with Crippen LogP contribution < -0.4 is 10.7 Å². The molecule has 7 nitrogen and oxygen atoms in total. The Morgan fingerprint density at radius 3 is 2.67 bits per heavy atom.